The van der Waals surface area contributed by atoms with Crippen molar-refractivity contribution in [2.75, 3.05) is 5.32 Å². The van der Waals surface area contributed by atoms with Gasteiger partial charge in [-0.25, -0.2) is 0 Å². The number of anilines is 1. The van der Waals surface area contributed by atoms with E-state index in [1.54, 1.807) is 12.4 Å². The van der Waals surface area contributed by atoms with Gasteiger partial charge in [-0.2, -0.15) is 0 Å². The molecule has 1 aromatic carbocycles. The minimum atomic E-state index is -0.0852. The molecule has 0 radical (unpaired) electrons. The van der Waals surface area contributed by atoms with Crippen LogP contribution >= 0.6 is 0 Å². The third-order valence-corrected chi connectivity index (χ3v) is 2.34. The van der Waals surface area contributed by atoms with Gasteiger partial charge in [0.25, 0.3) is 0 Å². The number of carbonyl (C=O) groups is 1. The number of amides is 1. The SMILES string of the molecule is CC(=O)Nc1cccc(-c2nccnc2C)c1. The van der Waals surface area contributed by atoms with Crippen LogP contribution in [0.5, 0.6) is 0 Å². The number of rotatable bonds is 2. The highest BCUT2D eigenvalue weighted by atomic mass is 16.1. The lowest BCUT2D eigenvalue weighted by molar-refractivity contribution is -0.114. The molecule has 0 atom stereocenters. The Morgan fingerprint density at radius 1 is 1.24 bits per heavy atom. The van der Waals surface area contributed by atoms with Crippen LogP contribution in [-0.2, 0) is 4.79 Å². The van der Waals surface area contributed by atoms with Crippen molar-refractivity contribution in [3.63, 3.8) is 0 Å². The molecule has 17 heavy (non-hydrogen) atoms. The van der Waals surface area contributed by atoms with Crippen molar-refractivity contribution in [2.24, 2.45) is 0 Å². The first-order chi connectivity index (χ1) is 8.16. The minimum Gasteiger partial charge on any atom is -0.326 e. The normalized spacial score (nSPS) is 10.0. The van der Waals surface area contributed by atoms with Crippen molar-refractivity contribution >= 4 is 11.6 Å². The molecule has 1 heterocycles. The van der Waals surface area contributed by atoms with E-state index in [0.29, 0.717) is 0 Å². The van der Waals surface area contributed by atoms with Crippen LogP contribution in [0.2, 0.25) is 0 Å². The Bertz CT molecular complexity index is 552. The topological polar surface area (TPSA) is 54.9 Å². The van der Waals surface area contributed by atoms with Crippen molar-refractivity contribution in [1.82, 2.24) is 9.97 Å². The van der Waals surface area contributed by atoms with Crippen molar-refractivity contribution in [3.05, 3.63) is 42.4 Å². The Labute approximate surface area is 99.7 Å². The molecule has 4 nitrogen and oxygen atoms in total. The summed E-state index contributed by atoms with van der Waals surface area (Å²) in [6, 6.07) is 7.56. The van der Waals surface area contributed by atoms with Gasteiger partial charge in [0.05, 0.1) is 11.4 Å². The Morgan fingerprint density at radius 2 is 2.00 bits per heavy atom. The van der Waals surface area contributed by atoms with Crippen LogP contribution < -0.4 is 5.32 Å². The summed E-state index contributed by atoms with van der Waals surface area (Å²) < 4.78 is 0. The quantitative estimate of drug-likeness (QED) is 0.857. The first-order valence-electron chi connectivity index (χ1n) is 5.32. The molecule has 0 spiro atoms. The van der Waals surface area contributed by atoms with Gasteiger partial charge in [0.15, 0.2) is 0 Å². The zero-order valence-electron chi connectivity index (χ0n) is 9.77. The maximum absolute atomic E-state index is 11.0. The van der Waals surface area contributed by atoms with Gasteiger partial charge >= 0.3 is 0 Å². The molecule has 0 aliphatic heterocycles. The fraction of sp³-hybridized carbons (Fsp3) is 0.154. The maximum Gasteiger partial charge on any atom is 0.221 e. The number of aromatic nitrogens is 2. The molecule has 0 aliphatic carbocycles. The predicted octanol–water partition coefficient (Wildman–Crippen LogP) is 2.41. The molecular weight excluding hydrogens is 214 g/mol. The Kier molecular flexibility index (Phi) is 3.14. The fourth-order valence-corrected chi connectivity index (χ4v) is 1.64. The number of carbonyl (C=O) groups excluding carboxylic acids is 1. The summed E-state index contributed by atoms with van der Waals surface area (Å²) in [6.45, 7) is 3.40. The molecule has 2 aromatic rings. The van der Waals surface area contributed by atoms with Crippen LogP contribution in [0.1, 0.15) is 12.6 Å². The van der Waals surface area contributed by atoms with Crippen LogP contribution in [0.3, 0.4) is 0 Å². The highest BCUT2D eigenvalue weighted by Crippen LogP contribution is 2.22. The van der Waals surface area contributed by atoms with Crippen molar-refractivity contribution in [1.29, 1.82) is 0 Å². The second-order valence-corrected chi connectivity index (χ2v) is 3.75. The van der Waals surface area contributed by atoms with E-state index in [-0.39, 0.29) is 5.91 Å². The minimum absolute atomic E-state index is 0.0852. The number of nitrogens with one attached hydrogen (secondary N) is 1. The highest BCUT2D eigenvalue weighted by molar-refractivity contribution is 5.89. The maximum atomic E-state index is 11.0. The first kappa shape index (κ1) is 11.3. The second-order valence-electron chi connectivity index (χ2n) is 3.75. The predicted molar refractivity (Wildman–Crippen MR) is 66.5 cm³/mol. The van der Waals surface area contributed by atoms with Crippen LogP contribution in [0.15, 0.2) is 36.7 Å². The third-order valence-electron chi connectivity index (χ3n) is 2.34. The van der Waals surface area contributed by atoms with Gasteiger partial charge in [0.1, 0.15) is 0 Å². The summed E-state index contributed by atoms with van der Waals surface area (Å²) in [5.74, 6) is -0.0852. The summed E-state index contributed by atoms with van der Waals surface area (Å²) in [7, 11) is 0. The smallest absolute Gasteiger partial charge is 0.221 e. The highest BCUT2D eigenvalue weighted by Gasteiger charge is 2.04. The lowest BCUT2D eigenvalue weighted by Gasteiger charge is -2.06. The summed E-state index contributed by atoms with van der Waals surface area (Å²) in [5, 5.41) is 2.75. The largest absolute Gasteiger partial charge is 0.326 e. The third kappa shape index (κ3) is 2.66. The Morgan fingerprint density at radius 3 is 2.71 bits per heavy atom. The first-order valence-corrected chi connectivity index (χ1v) is 5.32. The Hall–Kier alpha value is -2.23. The second kappa shape index (κ2) is 4.74. The van der Waals surface area contributed by atoms with E-state index in [0.717, 1.165) is 22.6 Å². The Balaban J connectivity index is 2.40. The molecule has 0 unspecified atom stereocenters. The standard InChI is InChI=1S/C13H13N3O/c1-9-13(15-7-6-14-9)11-4-3-5-12(8-11)16-10(2)17/h3-8H,1-2H3,(H,16,17). The molecule has 0 bridgehead atoms. The monoisotopic (exact) mass is 227 g/mol. The van der Waals surface area contributed by atoms with Gasteiger partial charge in [-0.15, -0.1) is 0 Å². The van der Waals surface area contributed by atoms with E-state index < -0.39 is 0 Å². The summed E-state index contributed by atoms with van der Waals surface area (Å²) in [5.41, 5.74) is 3.41. The van der Waals surface area contributed by atoms with Crippen LogP contribution in [0.4, 0.5) is 5.69 Å². The van der Waals surface area contributed by atoms with E-state index in [4.69, 9.17) is 0 Å². The van der Waals surface area contributed by atoms with Crippen LogP contribution in [0, 0.1) is 6.92 Å². The van der Waals surface area contributed by atoms with E-state index >= 15 is 0 Å². The molecule has 4 heteroatoms. The number of hydrogen-bond acceptors (Lipinski definition) is 3. The van der Waals surface area contributed by atoms with Crippen molar-refractivity contribution in [2.45, 2.75) is 13.8 Å². The lowest BCUT2D eigenvalue weighted by Crippen LogP contribution is -2.05. The molecule has 0 saturated heterocycles. The molecule has 0 fully saturated rings. The van der Waals surface area contributed by atoms with Gasteiger partial charge in [-0.3, -0.25) is 14.8 Å². The number of nitrogens with zero attached hydrogens (tertiary/aromatic N) is 2. The lowest BCUT2D eigenvalue weighted by atomic mass is 10.1. The van der Waals surface area contributed by atoms with Gasteiger partial charge in [0, 0.05) is 30.6 Å². The van der Waals surface area contributed by atoms with Gasteiger partial charge in [0.2, 0.25) is 5.91 Å². The van der Waals surface area contributed by atoms with Crippen molar-refractivity contribution < 1.29 is 4.79 Å². The van der Waals surface area contributed by atoms with Gasteiger partial charge in [-0.05, 0) is 19.1 Å². The zero-order chi connectivity index (χ0) is 12.3. The number of aryl methyl sites for hydroxylation is 1. The van der Waals surface area contributed by atoms with Crippen LogP contribution in [0.25, 0.3) is 11.3 Å². The molecule has 1 amide bonds. The molecule has 0 aliphatic rings. The molecular formula is C13H13N3O. The molecule has 86 valence electrons. The van der Waals surface area contributed by atoms with E-state index in [2.05, 4.69) is 15.3 Å². The molecule has 2 rings (SSSR count). The molecule has 1 aromatic heterocycles. The number of benzene rings is 1. The van der Waals surface area contributed by atoms with Crippen molar-refractivity contribution in [3.8, 4) is 11.3 Å². The zero-order valence-corrected chi connectivity index (χ0v) is 9.77. The number of hydrogen-bond donors (Lipinski definition) is 1. The summed E-state index contributed by atoms with van der Waals surface area (Å²) >= 11 is 0. The summed E-state index contributed by atoms with van der Waals surface area (Å²) in [6.07, 6.45) is 3.32. The average molecular weight is 227 g/mol. The van der Waals surface area contributed by atoms with E-state index in [1.165, 1.54) is 6.92 Å². The van der Waals surface area contributed by atoms with Crippen LogP contribution in [-0.4, -0.2) is 15.9 Å². The molecule has 1 N–H and O–H groups in total. The average Bonchev–Trinajstić information content (AvgIpc) is 2.29. The van der Waals surface area contributed by atoms with Gasteiger partial charge in [-0.1, -0.05) is 12.1 Å². The fourth-order valence-electron chi connectivity index (χ4n) is 1.64. The summed E-state index contributed by atoms with van der Waals surface area (Å²) in [4.78, 5) is 19.5. The van der Waals surface area contributed by atoms with E-state index in [9.17, 15) is 4.79 Å². The molecule has 0 saturated carbocycles. The van der Waals surface area contributed by atoms with E-state index in [1.807, 2.05) is 31.2 Å². The van der Waals surface area contributed by atoms with Gasteiger partial charge < -0.3 is 5.32 Å².